The summed E-state index contributed by atoms with van der Waals surface area (Å²) >= 11 is 0. The van der Waals surface area contributed by atoms with Crippen LogP contribution >= 0.6 is 0 Å². The quantitative estimate of drug-likeness (QED) is 0.801. The summed E-state index contributed by atoms with van der Waals surface area (Å²) in [4.78, 5) is 27.3. The van der Waals surface area contributed by atoms with E-state index in [9.17, 15) is 9.59 Å². The van der Waals surface area contributed by atoms with Crippen molar-refractivity contribution in [2.24, 2.45) is 5.92 Å². The monoisotopic (exact) mass is 375 g/mol. The fourth-order valence-corrected chi connectivity index (χ4v) is 3.80. The van der Waals surface area contributed by atoms with Crippen molar-refractivity contribution in [3.05, 3.63) is 29.3 Å². The van der Waals surface area contributed by atoms with Crippen molar-refractivity contribution in [2.45, 2.75) is 59.8 Å². The molecule has 3 atom stereocenters. The van der Waals surface area contributed by atoms with Gasteiger partial charge in [-0.25, -0.2) is 0 Å². The molecule has 1 fully saturated rings. The number of nitrogens with one attached hydrogen (secondary N) is 2. The van der Waals surface area contributed by atoms with Crippen molar-refractivity contribution in [3.63, 3.8) is 0 Å². The summed E-state index contributed by atoms with van der Waals surface area (Å²) in [5.41, 5.74) is 2.82. The molecule has 1 aromatic rings. The first-order valence-corrected chi connectivity index (χ1v) is 9.72. The number of anilines is 1. The van der Waals surface area contributed by atoms with Crippen LogP contribution in [-0.4, -0.2) is 54.6 Å². The third-order valence-electron chi connectivity index (χ3n) is 4.91. The van der Waals surface area contributed by atoms with Crippen molar-refractivity contribution in [1.29, 1.82) is 0 Å². The van der Waals surface area contributed by atoms with Crippen LogP contribution in [0, 0.1) is 19.8 Å². The molecule has 0 spiro atoms. The minimum absolute atomic E-state index is 0.0364. The van der Waals surface area contributed by atoms with Crippen molar-refractivity contribution < 1.29 is 14.3 Å². The van der Waals surface area contributed by atoms with Gasteiger partial charge in [-0.3, -0.25) is 14.5 Å². The van der Waals surface area contributed by atoms with Crippen molar-refractivity contribution in [1.82, 2.24) is 10.2 Å². The van der Waals surface area contributed by atoms with E-state index in [0.717, 1.165) is 29.9 Å². The van der Waals surface area contributed by atoms with Gasteiger partial charge in [0.1, 0.15) is 0 Å². The topological polar surface area (TPSA) is 70.7 Å². The lowest BCUT2D eigenvalue weighted by Crippen LogP contribution is -2.57. The average molecular weight is 376 g/mol. The van der Waals surface area contributed by atoms with Gasteiger partial charge in [-0.1, -0.05) is 32.0 Å². The smallest absolute Gasteiger partial charge is 0.243 e. The molecule has 1 aliphatic rings. The number of ether oxygens (including phenoxy) is 1. The number of carbonyl (C=O) groups excluding carboxylic acids is 2. The van der Waals surface area contributed by atoms with Gasteiger partial charge < -0.3 is 15.4 Å². The fourth-order valence-electron chi connectivity index (χ4n) is 3.80. The molecule has 27 heavy (non-hydrogen) atoms. The number of para-hydroxylation sites is 1. The zero-order valence-corrected chi connectivity index (χ0v) is 17.3. The van der Waals surface area contributed by atoms with Crippen molar-refractivity contribution in [3.8, 4) is 0 Å². The molecule has 0 radical (unpaired) electrons. The van der Waals surface area contributed by atoms with Gasteiger partial charge in [0, 0.05) is 18.8 Å². The Hall–Kier alpha value is -1.92. The average Bonchev–Trinajstić information content (AvgIpc) is 2.55. The normalized spacial score (nSPS) is 21.7. The van der Waals surface area contributed by atoms with E-state index in [4.69, 9.17) is 4.74 Å². The number of nitrogens with zero attached hydrogens (tertiary/aromatic N) is 1. The van der Waals surface area contributed by atoms with E-state index in [1.165, 1.54) is 0 Å². The van der Waals surface area contributed by atoms with Crippen molar-refractivity contribution >= 4 is 17.5 Å². The number of hydrogen-bond acceptors (Lipinski definition) is 4. The number of hydrogen-bond donors (Lipinski definition) is 2. The second-order valence-electron chi connectivity index (χ2n) is 7.93. The van der Waals surface area contributed by atoms with E-state index in [0.29, 0.717) is 0 Å². The van der Waals surface area contributed by atoms with E-state index in [1.54, 1.807) is 0 Å². The van der Waals surface area contributed by atoms with Crippen LogP contribution in [-0.2, 0) is 14.3 Å². The third-order valence-corrected chi connectivity index (χ3v) is 4.91. The molecule has 6 heteroatoms. The maximum Gasteiger partial charge on any atom is 0.243 e. The van der Waals surface area contributed by atoms with Crippen LogP contribution in [0.25, 0.3) is 0 Å². The van der Waals surface area contributed by atoms with Crippen LogP contribution in [0.5, 0.6) is 0 Å². The van der Waals surface area contributed by atoms with Gasteiger partial charge in [0.2, 0.25) is 11.8 Å². The SMILES string of the molecule is Cc1cccc(C)c1NC(=O)CNC(=O)[C@H](C(C)C)N1C[C@@H](C)O[C@@H](C)C1. The molecule has 1 aromatic carbocycles. The molecule has 0 saturated carbocycles. The Morgan fingerprint density at radius 3 is 2.22 bits per heavy atom. The summed E-state index contributed by atoms with van der Waals surface area (Å²) in [7, 11) is 0. The van der Waals surface area contributed by atoms with Crippen LogP contribution < -0.4 is 10.6 Å². The Morgan fingerprint density at radius 2 is 1.70 bits per heavy atom. The number of rotatable bonds is 6. The molecule has 1 heterocycles. The summed E-state index contributed by atoms with van der Waals surface area (Å²) in [6.45, 7) is 13.4. The molecule has 1 saturated heterocycles. The second kappa shape index (κ2) is 9.33. The van der Waals surface area contributed by atoms with Gasteiger partial charge in [0.25, 0.3) is 0 Å². The number of morpholine rings is 1. The summed E-state index contributed by atoms with van der Waals surface area (Å²) in [6, 6.07) is 5.60. The zero-order valence-electron chi connectivity index (χ0n) is 17.3. The molecule has 1 aliphatic heterocycles. The van der Waals surface area contributed by atoms with Crippen LogP contribution in [0.15, 0.2) is 18.2 Å². The highest BCUT2D eigenvalue weighted by molar-refractivity contribution is 5.96. The molecule has 0 aromatic heterocycles. The van der Waals surface area contributed by atoms with E-state index in [2.05, 4.69) is 15.5 Å². The molecule has 6 nitrogen and oxygen atoms in total. The summed E-state index contributed by atoms with van der Waals surface area (Å²) in [6.07, 6.45) is 0.185. The Labute approximate surface area is 162 Å². The maximum absolute atomic E-state index is 12.8. The lowest BCUT2D eigenvalue weighted by Gasteiger charge is -2.40. The first-order chi connectivity index (χ1) is 12.7. The van der Waals surface area contributed by atoms with Crippen LogP contribution in [0.3, 0.4) is 0 Å². The van der Waals surface area contributed by atoms with E-state index < -0.39 is 0 Å². The number of benzene rings is 1. The van der Waals surface area contributed by atoms with Gasteiger partial charge in [-0.15, -0.1) is 0 Å². The minimum Gasteiger partial charge on any atom is -0.373 e. The van der Waals surface area contributed by atoms with Gasteiger partial charge in [0.05, 0.1) is 24.8 Å². The van der Waals surface area contributed by atoms with Gasteiger partial charge in [-0.2, -0.15) is 0 Å². The van der Waals surface area contributed by atoms with E-state index >= 15 is 0 Å². The summed E-state index contributed by atoms with van der Waals surface area (Å²) in [5, 5.41) is 5.72. The standard InChI is InChI=1S/C21H33N3O3/c1-13(2)20(24-11-16(5)27-17(6)12-24)21(26)22-10-18(25)23-19-14(3)8-7-9-15(19)4/h7-9,13,16-17,20H,10-12H2,1-6H3,(H,22,26)(H,23,25)/t16-,17+,20-/m0/s1. The lowest BCUT2D eigenvalue weighted by atomic mass is 9.99. The number of amides is 2. The number of carbonyl (C=O) groups is 2. The highest BCUT2D eigenvalue weighted by Crippen LogP contribution is 2.20. The largest absolute Gasteiger partial charge is 0.373 e. The van der Waals surface area contributed by atoms with E-state index in [1.807, 2.05) is 59.7 Å². The lowest BCUT2D eigenvalue weighted by molar-refractivity contribution is -0.136. The molecular weight excluding hydrogens is 342 g/mol. The van der Waals surface area contributed by atoms with Crippen LogP contribution in [0.2, 0.25) is 0 Å². The molecule has 2 rings (SSSR count). The van der Waals surface area contributed by atoms with E-state index in [-0.39, 0.29) is 42.5 Å². The van der Waals surface area contributed by atoms with Gasteiger partial charge in [-0.05, 0) is 44.7 Å². The molecule has 0 aliphatic carbocycles. The Balaban J connectivity index is 1.96. The predicted molar refractivity (Wildman–Crippen MR) is 108 cm³/mol. The van der Waals surface area contributed by atoms with Crippen molar-refractivity contribution in [2.75, 3.05) is 25.0 Å². The molecular formula is C21H33N3O3. The first kappa shape index (κ1) is 21.4. The van der Waals surface area contributed by atoms with Crippen LogP contribution in [0.4, 0.5) is 5.69 Å². The second-order valence-corrected chi connectivity index (χ2v) is 7.93. The zero-order chi connectivity index (χ0) is 20.1. The summed E-state index contributed by atoms with van der Waals surface area (Å²) in [5.74, 6) is -0.181. The highest BCUT2D eigenvalue weighted by Gasteiger charge is 2.34. The molecule has 0 unspecified atom stereocenters. The van der Waals surface area contributed by atoms with Crippen LogP contribution in [0.1, 0.15) is 38.8 Å². The Kier molecular flexibility index (Phi) is 7.39. The molecule has 2 amide bonds. The maximum atomic E-state index is 12.8. The van der Waals surface area contributed by atoms with Gasteiger partial charge in [0.15, 0.2) is 0 Å². The molecule has 2 N–H and O–H groups in total. The highest BCUT2D eigenvalue weighted by atomic mass is 16.5. The molecule has 150 valence electrons. The minimum atomic E-state index is -0.271. The Morgan fingerprint density at radius 1 is 1.15 bits per heavy atom. The predicted octanol–water partition coefficient (Wildman–Crippen LogP) is 2.49. The summed E-state index contributed by atoms with van der Waals surface area (Å²) < 4.78 is 5.78. The Bertz CT molecular complexity index is 644. The number of aryl methyl sites for hydroxylation is 2. The fraction of sp³-hybridized carbons (Fsp3) is 0.619. The third kappa shape index (κ3) is 5.78. The first-order valence-electron chi connectivity index (χ1n) is 9.72. The molecule has 0 bridgehead atoms. The van der Waals surface area contributed by atoms with Gasteiger partial charge >= 0.3 is 0 Å².